The van der Waals surface area contributed by atoms with E-state index in [9.17, 15) is 13.0 Å². The van der Waals surface area contributed by atoms with Crippen molar-refractivity contribution < 1.29 is 62.8 Å². The van der Waals surface area contributed by atoms with Crippen molar-refractivity contribution in [3.05, 3.63) is 22.2 Å². The summed E-state index contributed by atoms with van der Waals surface area (Å²) in [7, 11) is -9.82. The number of hydrogen-bond donors (Lipinski definition) is 3. The molecule has 0 saturated heterocycles. The van der Waals surface area contributed by atoms with Crippen LogP contribution in [0.15, 0.2) is 17.0 Å². The molecule has 1 aromatic rings. The fourth-order valence-corrected chi connectivity index (χ4v) is 2.80. The van der Waals surface area contributed by atoms with Crippen LogP contribution in [0.5, 0.6) is 5.75 Å². The molecular formula is C6H6Cl2NaO7PS. The van der Waals surface area contributed by atoms with Crippen molar-refractivity contribution in [2.24, 2.45) is 0 Å². The number of rotatable bonds is 3. The van der Waals surface area contributed by atoms with E-state index >= 15 is 0 Å². The van der Waals surface area contributed by atoms with E-state index < -0.39 is 33.6 Å². The van der Waals surface area contributed by atoms with Crippen LogP contribution >= 0.6 is 31.0 Å². The maximum absolute atomic E-state index is 10.9. The van der Waals surface area contributed by atoms with Crippen LogP contribution in [-0.2, 0) is 14.7 Å². The van der Waals surface area contributed by atoms with Gasteiger partial charge < -0.3 is 5.95 Å². The van der Waals surface area contributed by atoms with Crippen LogP contribution < -0.4 is 34.1 Å². The van der Waals surface area contributed by atoms with E-state index in [-0.39, 0.29) is 36.0 Å². The fourth-order valence-electron chi connectivity index (χ4n) is 0.936. The molecule has 12 heteroatoms. The van der Waals surface area contributed by atoms with Crippen molar-refractivity contribution in [3.8, 4) is 5.75 Å². The van der Waals surface area contributed by atoms with E-state index in [1.165, 1.54) is 0 Å². The van der Waals surface area contributed by atoms with Crippen molar-refractivity contribution in [1.82, 2.24) is 0 Å². The van der Waals surface area contributed by atoms with Crippen LogP contribution in [0.2, 0.25) is 10.0 Å². The first-order valence-corrected chi connectivity index (χ1v) is 7.45. The van der Waals surface area contributed by atoms with Gasteiger partial charge in [0.25, 0.3) is 10.1 Å². The van der Waals surface area contributed by atoms with Crippen molar-refractivity contribution in [2.75, 3.05) is 0 Å². The molecule has 0 radical (unpaired) electrons. The molecule has 18 heavy (non-hydrogen) atoms. The zero-order valence-electron chi connectivity index (χ0n) is 9.74. The largest absolute Gasteiger partial charge is 1.00 e. The molecule has 0 atom stereocenters. The first-order chi connectivity index (χ1) is 7.50. The zero-order chi connectivity index (χ0) is 13.4. The van der Waals surface area contributed by atoms with Crippen LogP contribution in [0.1, 0.15) is 1.43 Å². The molecule has 3 N–H and O–H groups in total. The standard InChI is InChI=1S/C6H5Cl2O7PS.Na.H/c7-3-1-4(8)6(15-16(9,10)11)5(2-3)17(12,13)14;;/h1-2H,(H2,9,10,11)(H,12,13,14);;/q;+1;-1. The summed E-state index contributed by atoms with van der Waals surface area (Å²) < 4.78 is 45.4. The normalized spacial score (nSPS) is 11.8. The van der Waals surface area contributed by atoms with Crippen molar-refractivity contribution in [3.63, 3.8) is 0 Å². The Morgan fingerprint density at radius 1 is 1.28 bits per heavy atom. The first-order valence-electron chi connectivity index (χ1n) is 3.72. The molecule has 1 aromatic carbocycles. The molecule has 0 fully saturated rings. The second-order valence-corrected chi connectivity index (χ2v) is 6.17. The fraction of sp³-hybridized carbons (Fsp3) is 0. The van der Waals surface area contributed by atoms with E-state index in [1.807, 2.05) is 0 Å². The summed E-state index contributed by atoms with van der Waals surface area (Å²) in [4.78, 5) is 16.2. The molecule has 0 aliphatic carbocycles. The van der Waals surface area contributed by atoms with Gasteiger partial charge in [-0.3, -0.25) is 14.3 Å². The minimum atomic E-state index is -5.03. The van der Waals surface area contributed by atoms with E-state index in [4.69, 9.17) is 37.5 Å². The van der Waals surface area contributed by atoms with Gasteiger partial charge in [-0.1, -0.05) is 23.2 Å². The number of phosphoric ester groups is 1. The summed E-state index contributed by atoms with van der Waals surface area (Å²) >= 11 is 11.0. The van der Waals surface area contributed by atoms with E-state index in [1.54, 1.807) is 0 Å². The van der Waals surface area contributed by atoms with Gasteiger partial charge in [-0.25, -0.2) is 4.57 Å². The van der Waals surface area contributed by atoms with E-state index in [2.05, 4.69) is 4.52 Å². The third-order valence-corrected chi connectivity index (χ3v) is 3.24. The van der Waals surface area contributed by atoms with Crippen LogP contribution in [0.3, 0.4) is 0 Å². The average molecular weight is 347 g/mol. The van der Waals surface area contributed by atoms with Gasteiger partial charge in [-0.2, -0.15) is 8.42 Å². The average Bonchev–Trinajstić information content (AvgIpc) is 2.05. The summed E-state index contributed by atoms with van der Waals surface area (Å²) in [5, 5.41) is -0.617. The summed E-state index contributed by atoms with van der Waals surface area (Å²) in [5.41, 5.74) is 0. The molecule has 0 aromatic heterocycles. The van der Waals surface area contributed by atoms with Gasteiger partial charge in [0.2, 0.25) is 0 Å². The Hall–Kier alpha value is 0.660. The molecular weight excluding hydrogens is 341 g/mol. The molecule has 0 spiro atoms. The summed E-state index contributed by atoms with van der Waals surface area (Å²) in [6.07, 6.45) is 0. The molecule has 7 nitrogen and oxygen atoms in total. The Morgan fingerprint density at radius 2 is 1.78 bits per heavy atom. The summed E-state index contributed by atoms with van der Waals surface area (Å²) in [6.45, 7) is 0. The van der Waals surface area contributed by atoms with Gasteiger partial charge in [0.1, 0.15) is 4.90 Å². The maximum atomic E-state index is 10.9. The van der Waals surface area contributed by atoms with Gasteiger partial charge in [0, 0.05) is 5.02 Å². The Balaban J connectivity index is 0. The second-order valence-electron chi connectivity index (χ2n) is 2.77. The summed E-state index contributed by atoms with van der Waals surface area (Å²) in [5.74, 6) is -0.869. The summed E-state index contributed by atoms with van der Waals surface area (Å²) in [6, 6.07) is 1.75. The molecule has 98 valence electrons. The SMILES string of the molecule is O=P(O)(O)Oc1c(Cl)cc(Cl)cc1S(=O)(=O)O.[H-].[Na+]. The third-order valence-electron chi connectivity index (χ3n) is 1.46. The van der Waals surface area contributed by atoms with Crippen LogP contribution in [0, 0.1) is 0 Å². The maximum Gasteiger partial charge on any atom is 1.00 e. The molecule has 0 aliphatic rings. The number of halogens is 2. The predicted octanol–water partition coefficient (Wildman–Crippen LogP) is -1.17. The topological polar surface area (TPSA) is 121 Å². The number of benzene rings is 1. The number of phosphoric acid groups is 1. The first kappa shape index (κ1) is 18.7. The smallest absolute Gasteiger partial charge is 1.00 e. The molecule has 0 amide bonds. The third kappa shape index (κ3) is 5.34. The zero-order valence-corrected chi connectivity index (χ0v) is 14.0. The minimum absolute atomic E-state index is 0. The monoisotopic (exact) mass is 346 g/mol. The molecule has 1 rings (SSSR count). The molecule has 0 bridgehead atoms. The Kier molecular flexibility index (Phi) is 6.64. The van der Waals surface area contributed by atoms with Gasteiger partial charge in [-0.05, 0) is 12.1 Å². The van der Waals surface area contributed by atoms with Gasteiger partial charge in [0.15, 0.2) is 5.75 Å². The van der Waals surface area contributed by atoms with Crippen molar-refractivity contribution in [2.45, 2.75) is 4.90 Å². The minimum Gasteiger partial charge on any atom is -1.00 e. The van der Waals surface area contributed by atoms with E-state index in [0.29, 0.717) is 0 Å². The molecule has 0 aliphatic heterocycles. The van der Waals surface area contributed by atoms with Gasteiger partial charge in [0.05, 0.1) is 5.02 Å². The van der Waals surface area contributed by atoms with Gasteiger partial charge >= 0.3 is 37.4 Å². The Bertz CT molecular complexity index is 604. The van der Waals surface area contributed by atoms with Gasteiger partial charge in [-0.15, -0.1) is 0 Å². The van der Waals surface area contributed by atoms with E-state index in [0.717, 1.165) is 12.1 Å². The molecule has 0 saturated carbocycles. The van der Waals surface area contributed by atoms with Crippen LogP contribution in [-0.4, -0.2) is 22.8 Å². The Labute approximate surface area is 136 Å². The molecule has 0 unspecified atom stereocenters. The van der Waals surface area contributed by atoms with Crippen LogP contribution in [0.4, 0.5) is 0 Å². The predicted molar refractivity (Wildman–Crippen MR) is 60.1 cm³/mol. The Morgan fingerprint density at radius 3 is 2.17 bits per heavy atom. The van der Waals surface area contributed by atoms with Crippen molar-refractivity contribution >= 4 is 41.1 Å². The second kappa shape index (κ2) is 6.41. The number of hydrogen-bond acceptors (Lipinski definition) is 4. The van der Waals surface area contributed by atoms with Crippen molar-refractivity contribution in [1.29, 1.82) is 0 Å². The quantitative estimate of drug-likeness (QED) is 0.358. The van der Waals surface area contributed by atoms with Crippen LogP contribution in [0.25, 0.3) is 0 Å². The molecule has 0 heterocycles.